The zero-order valence-corrected chi connectivity index (χ0v) is 11.3. The minimum Gasteiger partial charge on any atom is -0.394 e. The summed E-state index contributed by atoms with van der Waals surface area (Å²) >= 11 is 0.623. The van der Waals surface area contributed by atoms with Crippen molar-refractivity contribution in [3.8, 4) is 0 Å². The number of aromatic nitrogens is 3. The van der Waals surface area contributed by atoms with E-state index < -0.39 is 41.6 Å². The third kappa shape index (κ3) is 2.06. The van der Waals surface area contributed by atoms with Gasteiger partial charge in [-0.15, -0.1) is 0 Å². The van der Waals surface area contributed by atoms with E-state index in [-0.39, 0.29) is 16.3 Å². The van der Waals surface area contributed by atoms with Crippen LogP contribution in [-0.4, -0.2) is 54.8 Å². The van der Waals surface area contributed by atoms with Crippen molar-refractivity contribution in [3.05, 3.63) is 20.0 Å². The number of nitrogen functional groups attached to an aromatic ring is 1. The average molecular weight is 316 g/mol. The van der Waals surface area contributed by atoms with Gasteiger partial charge in [-0.3, -0.25) is 19.1 Å². The van der Waals surface area contributed by atoms with Crippen molar-refractivity contribution >= 4 is 27.6 Å². The second kappa shape index (κ2) is 4.89. The normalized spacial score (nSPS) is 29.3. The maximum atomic E-state index is 12.0. The Bertz CT molecular complexity index is 797. The van der Waals surface area contributed by atoms with Crippen LogP contribution >= 0.6 is 11.3 Å². The molecule has 21 heavy (non-hydrogen) atoms. The number of nitrogens with one attached hydrogen (secondary N) is 1. The maximum Gasteiger partial charge on any atom is 0.311 e. The molecule has 3 heterocycles. The molecule has 6 N–H and O–H groups in total. The van der Waals surface area contributed by atoms with Crippen LogP contribution in [0, 0.1) is 0 Å². The lowest BCUT2D eigenvalue weighted by Gasteiger charge is -2.15. The van der Waals surface area contributed by atoms with Gasteiger partial charge in [0, 0.05) is 0 Å². The predicted molar refractivity (Wildman–Crippen MR) is 71.9 cm³/mol. The van der Waals surface area contributed by atoms with Crippen LogP contribution in [0.25, 0.3) is 10.3 Å². The summed E-state index contributed by atoms with van der Waals surface area (Å²) in [6.45, 7) is -0.526. The van der Waals surface area contributed by atoms with Crippen LogP contribution in [0.5, 0.6) is 0 Å². The van der Waals surface area contributed by atoms with Gasteiger partial charge in [0.05, 0.1) is 6.61 Å². The van der Waals surface area contributed by atoms with E-state index in [0.29, 0.717) is 11.3 Å². The number of hydrogen-bond acceptors (Lipinski definition) is 9. The topological polar surface area (TPSA) is 164 Å². The Morgan fingerprint density at radius 1 is 1.38 bits per heavy atom. The molecule has 1 saturated heterocycles. The molecule has 1 aliphatic heterocycles. The molecule has 2 aromatic heterocycles. The van der Waals surface area contributed by atoms with Crippen LogP contribution in [0.15, 0.2) is 9.59 Å². The van der Waals surface area contributed by atoms with Gasteiger partial charge >= 0.3 is 4.87 Å². The summed E-state index contributed by atoms with van der Waals surface area (Å²) in [6, 6.07) is 0. The SMILES string of the molecule is Nc1nc2c(sc(=O)n2[C@@H]2O[C@H](CO)C(O)C2O)c(=O)[nH]1. The number of rotatable bonds is 2. The molecule has 0 saturated carbocycles. The Kier molecular flexibility index (Phi) is 3.30. The molecule has 11 heteroatoms. The number of ether oxygens (including phenoxy) is 1. The Morgan fingerprint density at radius 3 is 2.71 bits per heavy atom. The van der Waals surface area contributed by atoms with E-state index in [4.69, 9.17) is 15.6 Å². The second-order valence-electron chi connectivity index (χ2n) is 4.57. The van der Waals surface area contributed by atoms with Crippen molar-refractivity contribution in [2.45, 2.75) is 24.5 Å². The fraction of sp³-hybridized carbons (Fsp3) is 0.500. The number of aliphatic hydroxyl groups is 3. The number of aliphatic hydroxyl groups excluding tert-OH is 3. The first-order valence-corrected chi connectivity index (χ1v) is 6.79. The zero-order chi connectivity index (χ0) is 15.3. The summed E-state index contributed by atoms with van der Waals surface area (Å²) in [5.41, 5.74) is 4.83. The van der Waals surface area contributed by atoms with Crippen LogP contribution in [0.2, 0.25) is 0 Å². The number of aromatic amines is 1. The third-order valence-electron chi connectivity index (χ3n) is 3.26. The summed E-state index contributed by atoms with van der Waals surface area (Å²) < 4.78 is 6.26. The summed E-state index contributed by atoms with van der Waals surface area (Å²) in [5.74, 6) is -0.189. The van der Waals surface area contributed by atoms with E-state index in [1.54, 1.807) is 0 Å². The number of nitrogens with two attached hydrogens (primary N) is 1. The Morgan fingerprint density at radius 2 is 2.10 bits per heavy atom. The minimum atomic E-state index is -1.44. The molecular weight excluding hydrogens is 304 g/mol. The molecule has 0 aromatic carbocycles. The quantitative estimate of drug-likeness (QED) is 0.400. The largest absolute Gasteiger partial charge is 0.394 e. The van der Waals surface area contributed by atoms with E-state index in [0.717, 1.165) is 4.57 Å². The molecule has 4 atom stereocenters. The molecule has 10 nitrogen and oxygen atoms in total. The highest BCUT2D eigenvalue weighted by Gasteiger charge is 2.44. The first kappa shape index (κ1) is 14.2. The molecule has 0 bridgehead atoms. The number of fused-ring (bicyclic) bond motifs is 1. The monoisotopic (exact) mass is 316 g/mol. The highest BCUT2D eigenvalue weighted by Crippen LogP contribution is 2.30. The number of anilines is 1. The molecule has 114 valence electrons. The fourth-order valence-corrected chi connectivity index (χ4v) is 3.11. The van der Waals surface area contributed by atoms with Gasteiger partial charge in [-0.1, -0.05) is 11.3 Å². The smallest absolute Gasteiger partial charge is 0.311 e. The van der Waals surface area contributed by atoms with Crippen LogP contribution in [0.4, 0.5) is 5.95 Å². The predicted octanol–water partition coefficient (Wildman–Crippen LogP) is -2.66. The average Bonchev–Trinajstić information content (AvgIpc) is 2.89. The first-order chi connectivity index (χ1) is 9.93. The van der Waals surface area contributed by atoms with Crippen molar-refractivity contribution < 1.29 is 20.1 Å². The van der Waals surface area contributed by atoms with Crippen molar-refractivity contribution in [2.75, 3.05) is 12.3 Å². The van der Waals surface area contributed by atoms with Gasteiger partial charge in [0.25, 0.3) is 5.56 Å². The summed E-state index contributed by atoms with van der Waals surface area (Å²) in [5, 5.41) is 28.8. The summed E-state index contributed by atoms with van der Waals surface area (Å²) in [4.78, 5) is 29.3. The molecule has 0 aliphatic carbocycles. The van der Waals surface area contributed by atoms with Crippen LogP contribution in [0.3, 0.4) is 0 Å². The van der Waals surface area contributed by atoms with E-state index in [1.807, 2.05) is 0 Å². The van der Waals surface area contributed by atoms with Crippen molar-refractivity contribution in [2.24, 2.45) is 0 Å². The molecule has 2 aromatic rings. The van der Waals surface area contributed by atoms with Crippen LogP contribution in [0.1, 0.15) is 6.23 Å². The van der Waals surface area contributed by atoms with Gasteiger partial charge in [-0.05, 0) is 0 Å². The minimum absolute atomic E-state index is 0.0342. The highest BCUT2D eigenvalue weighted by atomic mass is 32.1. The number of nitrogens with zero attached hydrogens (tertiary/aromatic N) is 2. The molecular formula is C10H12N4O6S. The number of thiazole rings is 1. The third-order valence-corrected chi connectivity index (χ3v) is 4.21. The lowest BCUT2D eigenvalue weighted by atomic mass is 10.1. The Hall–Kier alpha value is -1.79. The molecule has 2 unspecified atom stereocenters. The number of hydrogen-bond donors (Lipinski definition) is 5. The number of H-pyrrole nitrogens is 1. The Balaban J connectivity index is 2.20. The van der Waals surface area contributed by atoms with Crippen LogP contribution in [-0.2, 0) is 4.74 Å². The van der Waals surface area contributed by atoms with Crippen molar-refractivity contribution in [1.82, 2.24) is 14.5 Å². The van der Waals surface area contributed by atoms with Gasteiger partial charge in [0.2, 0.25) is 5.95 Å². The summed E-state index contributed by atoms with van der Waals surface area (Å²) in [7, 11) is 0. The Labute approximate surface area is 120 Å². The molecule has 0 amide bonds. The zero-order valence-electron chi connectivity index (χ0n) is 10.5. The van der Waals surface area contributed by atoms with E-state index in [1.165, 1.54) is 0 Å². The van der Waals surface area contributed by atoms with Crippen molar-refractivity contribution in [1.29, 1.82) is 0 Å². The second-order valence-corrected chi connectivity index (χ2v) is 5.53. The molecule has 1 fully saturated rings. The van der Waals surface area contributed by atoms with E-state index in [9.17, 15) is 19.8 Å². The van der Waals surface area contributed by atoms with Gasteiger partial charge in [0.1, 0.15) is 23.0 Å². The van der Waals surface area contributed by atoms with E-state index >= 15 is 0 Å². The van der Waals surface area contributed by atoms with Crippen LogP contribution < -0.4 is 16.2 Å². The fourth-order valence-electron chi connectivity index (χ4n) is 2.26. The molecule has 0 radical (unpaired) electrons. The lowest BCUT2D eigenvalue weighted by Crippen LogP contribution is -2.34. The highest BCUT2D eigenvalue weighted by molar-refractivity contribution is 7.16. The van der Waals surface area contributed by atoms with Gasteiger partial charge in [0.15, 0.2) is 11.9 Å². The van der Waals surface area contributed by atoms with Gasteiger partial charge in [-0.25, -0.2) is 0 Å². The standard InChI is InChI=1S/C10H12N4O6S/c11-9-12-6-5(7(18)13-9)21-10(19)14(6)8-4(17)3(16)2(1-15)20-8/h2-4,8,15-17H,1H2,(H3,11,12,13,18)/t2-,3?,4?,8-/m1/s1. The lowest BCUT2D eigenvalue weighted by molar-refractivity contribution is -0.0518. The first-order valence-electron chi connectivity index (χ1n) is 5.97. The van der Waals surface area contributed by atoms with E-state index in [2.05, 4.69) is 9.97 Å². The van der Waals surface area contributed by atoms with Gasteiger partial charge < -0.3 is 25.8 Å². The molecule has 0 spiro atoms. The molecule has 3 rings (SSSR count). The van der Waals surface area contributed by atoms with Gasteiger partial charge in [-0.2, -0.15) is 4.98 Å². The maximum absolute atomic E-state index is 12.0. The summed E-state index contributed by atoms with van der Waals surface area (Å²) in [6.07, 6.45) is -5.10. The molecule has 1 aliphatic rings. The van der Waals surface area contributed by atoms with Crippen molar-refractivity contribution in [3.63, 3.8) is 0 Å².